The molecule has 2 saturated heterocycles. The standard InChI is InChI=1S/C23H20ClN5O5/c1-10-8-29-19-12(3-14-18(13-6-25-9-26-7-13)28-34-20(14)17(19)24)5-23(21(29)11(2)33-10)15(30)4-16(31)27-22(23)32/h3,6-7,9-11,21H,4-5,8H2,1-2H3,(H,27,31,32)/t10-,11+,21-,23?/m1/s1. The number of ketones is 1. The van der Waals surface area contributed by atoms with Crippen LogP contribution in [-0.2, 0) is 25.5 Å². The monoisotopic (exact) mass is 481 g/mol. The zero-order chi connectivity index (χ0) is 23.8. The summed E-state index contributed by atoms with van der Waals surface area (Å²) in [5, 5.41) is 7.57. The number of rotatable bonds is 1. The first kappa shape index (κ1) is 21.2. The molecule has 174 valence electrons. The largest absolute Gasteiger partial charge is 0.372 e. The number of nitrogens with one attached hydrogen (secondary N) is 1. The van der Waals surface area contributed by atoms with Gasteiger partial charge in [0.1, 0.15) is 22.5 Å². The van der Waals surface area contributed by atoms with E-state index < -0.39 is 35.2 Å². The number of ether oxygens (including phenoxy) is 1. The van der Waals surface area contributed by atoms with Crippen LogP contribution >= 0.6 is 11.6 Å². The van der Waals surface area contributed by atoms with Gasteiger partial charge in [0.2, 0.25) is 11.8 Å². The third-order valence-electron chi connectivity index (χ3n) is 7.01. The quantitative estimate of drug-likeness (QED) is 0.410. The molecule has 3 aliphatic heterocycles. The number of fused-ring (bicyclic) bond motifs is 5. The van der Waals surface area contributed by atoms with Gasteiger partial charge in [-0.3, -0.25) is 19.7 Å². The van der Waals surface area contributed by atoms with Gasteiger partial charge in [0.25, 0.3) is 0 Å². The Morgan fingerprint density at radius 2 is 1.97 bits per heavy atom. The van der Waals surface area contributed by atoms with E-state index in [2.05, 4.69) is 20.4 Å². The van der Waals surface area contributed by atoms with E-state index in [9.17, 15) is 14.4 Å². The van der Waals surface area contributed by atoms with Crippen LogP contribution in [0.25, 0.3) is 22.2 Å². The molecule has 34 heavy (non-hydrogen) atoms. The van der Waals surface area contributed by atoms with Crippen molar-refractivity contribution in [3.8, 4) is 11.3 Å². The van der Waals surface area contributed by atoms with Gasteiger partial charge < -0.3 is 14.2 Å². The molecule has 11 heteroatoms. The third-order valence-corrected chi connectivity index (χ3v) is 7.36. The number of halogens is 1. The van der Waals surface area contributed by atoms with Crippen molar-refractivity contribution < 1.29 is 23.6 Å². The number of benzene rings is 1. The molecule has 5 heterocycles. The van der Waals surface area contributed by atoms with Gasteiger partial charge in [0.05, 0.1) is 35.7 Å². The van der Waals surface area contributed by atoms with Crippen LogP contribution in [0.15, 0.2) is 29.3 Å². The first-order chi connectivity index (χ1) is 16.3. The molecule has 0 aliphatic carbocycles. The van der Waals surface area contributed by atoms with E-state index in [0.29, 0.717) is 45.0 Å². The molecule has 0 radical (unpaired) electrons. The number of carbonyl (C=O) groups is 3. The normalized spacial score (nSPS) is 28.7. The van der Waals surface area contributed by atoms with Crippen LogP contribution in [0.4, 0.5) is 5.69 Å². The van der Waals surface area contributed by atoms with E-state index in [4.69, 9.17) is 20.9 Å². The number of hydrogen-bond donors (Lipinski definition) is 1. The van der Waals surface area contributed by atoms with Gasteiger partial charge in [-0.05, 0) is 31.9 Å². The number of carbonyl (C=O) groups excluding carboxylic acids is 3. The number of imide groups is 1. The molecular formula is C23H20ClN5O5. The van der Waals surface area contributed by atoms with Gasteiger partial charge >= 0.3 is 0 Å². The molecule has 2 amide bonds. The predicted octanol–water partition coefficient (Wildman–Crippen LogP) is 2.08. The molecule has 1 spiro atoms. The summed E-state index contributed by atoms with van der Waals surface area (Å²) in [6, 6.07) is 1.23. The van der Waals surface area contributed by atoms with Crippen LogP contribution in [0.5, 0.6) is 0 Å². The minimum atomic E-state index is -1.48. The van der Waals surface area contributed by atoms with Gasteiger partial charge in [-0.2, -0.15) is 0 Å². The highest BCUT2D eigenvalue weighted by atomic mass is 35.5. The third kappa shape index (κ3) is 2.78. The average molecular weight is 482 g/mol. The maximum atomic E-state index is 13.4. The highest BCUT2D eigenvalue weighted by Crippen LogP contribution is 2.52. The van der Waals surface area contributed by atoms with E-state index >= 15 is 0 Å². The zero-order valence-corrected chi connectivity index (χ0v) is 19.1. The summed E-state index contributed by atoms with van der Waals surface area (Å²) in [4.78, 5) is 48.8. The Hall–Kier alpha value is -3.37. The summed E-state index contributed by atoms with van der Waals surface area (Å²) >= 11 is 6.91. The molecule has 1 N–H and O–H groups in total. The molecule has 3 aliphatic rings. The number of aromatic nitrogens is 3. The van der Waals surface area contributed by atoms with Gasteiger partial charge in [-0.25, -0.2) is 9.97 Å². The van der Waals surface area contributed by atoms with Crippen molar-refractivity contribution in [1.82, 2.24) is 20.4 Å². The second-order valence-corrected chi connectivity index (χ2v) is 9.49. The van der Waals surface area contributed by atoms with Crippen molar-refractivity contribution in [2.24, 2.45) is 5.41 Å². The van der Waals surface area contributed by atoms with Crippen LogP contribution in [0, 0.1) is 5.41 Å². The van der Waals surface area contributed by atoms with E-state index in [1.165, 1.54) is 6.33 Å². The molecule has 2 aromatic heterocycles. The number of morpholine rings is 1. The van der Waals surface area contributed by atoms with Crippen LogP contribution in [0.2, 0.25) is 5.02 Å². The second kappa shape index (κ2) is 7.31. The molecule has 4 atom stereocenters. The number of Topliss-reactive ketones (excluding diaryl/α,β-unsaturated/α-hetero) is 1. The minimum Gasteiger partial charge on any atom is -0.372 e. The lowest BCUT2D eigenvalue weighted by atomic mass is 9.63. The summed E-state index contributed by atoms with van der Waals surface area (Å²) in [6.45, 7) is 4.18. The Balaban J connectivity index is 1.61. The van der Waals surface area contributed by atoms with E-state index in [1.807, 2.05) is 24.8 Å². The molecule has 6 rings (SSSR count). The topological polar surface area (TPSA) is 128 Å². The highest BCUT2D eigenvalue weighted by molar-refractivity contribution is 6.38. The van der Waals surface area contributed by atoms with E-state index in [0.717, 1.165) is 0 Å². The Morgan fingerprint density at radius 3 is 2.71 bits per heavy atom. The lowest BCUT2D eigenvalue weighted by Gasteiger charge is -2.55. The fraction of sp³-hybridized carbons (Fsp3) is 0.391. The summed E-state index contributed by atoms with van der Waals surface area (Å²) < 4.78 is 11.7. The molecule has 10 nitrogen and oxygen atoms in total. The van der Waals surface area contributed by atoms with Crippen LogP contribution in [-0.4, -0.2) is 57.5 Å². The fourth-order valence-electron chi connectivity index (χ4n) is 5.78. The van der Waals surface area contributed by atoms with Crippen LogP contribution in [0.3, 0.4) is 0 Å². The number of hydrogen-bond acceptors (Lipinski definition) is 9. The van der Waals surface area contributed by atoms with Crippen LogP contribution < -0.4 is 10.2 Å². The zero-order valence-electron chi connectivity index (χ0n) is 18.4. The number of anilines is 1. The Kier molecular flexibility index (Phi) is 4.56. The minimum absolute atomic E-state index is 0.0785. The predicted molar refractivity (Wildman–Crippen MR) is 120 cm³/mol. The summed E-state index contributed by atoms with van der Waals surface area (Å²) in [7, 11) is 0. The molecule has 0 saturated carbocycles. The van der Waals surface area contributed by atoms with E-state index in [-0.39, 0.29) is 18.9 Å². The van der Waals surface area contributed by atoms with Crippen molar-refractivity contribution in [3.63, 3.8) is 0 Å². The maximum Gasteiger partial charge on any atom is 0.242 e. The molecule has 1 aromatic carbocycles. The summed E-state index contributed by atoms with van der Waals surface area (Å²) in [5.41, 5.74) is 1.46. The molecule has 3 aromatic rings. The average Bonchev–Trinajstić information content (AvgIpc) is 3.21. The Morgan fingerprint density at radius 1 is 1.21 bits per heavy atom. The molecular weight excluding hydrogens is 462 g/mol. The number of nitrogens with zero attached hydrogens (tertiary/aromatic N) is 4. The van der Waals surface area contributed by atoms with Gasteiger partial charge in [-0.1, -0.05) is 16.8 Å². The van der Waals surface area contributed by atoms with Gasteiger partial charge in [-0.15, -0.1) is 0 Å². The number of piperidine rings is 1. The number of amides is 2. The summed E-state index contributed by atoms with van der Waals surface area (Å²) in [5.74, 6) is -1.60. The SMILES string of the molecule is C[C@@H]1CN2c3c(cc4c(-c5cncnc5)noc4c3Cl)CC3(C(=O)CC(=O)NC3=O)[C@H]2[C@H](C)O1. The lowest BCUT2D eigenvalue weighted by molar-refractivity contribution is -0.158. The van der Waals surface area contributed by atoms with Gasteiger partial charge in [0, 0.05) is 24.5 Å². The lowest BCUT2D eigenvalue weighted by Crippen LogP contribution is -2.72. The first-order valence-corrected chi connectivity index (χ1v) is 11.3. The molecule has 1 unspecified atom stereocenters. The van der Waals surface area contributed by atoms with Crippen molar-refractivity contribution in [2.45, 2.75) is 44.9 Å². The fourth-order valence-corrected chi connectivity index (χ4v) is 6.14. The highest BCUT2D eigenvalue weighted by Gasteiger charge is 2.62. The smallest absolute Gasteiger partial charge is 0.242 e. The first-order valence-electron chi connectivity index (χ1n) is 11.0. The van der Waals surface area contributed by atoms with Gasteiger partial charge in [0.15, 0.2) is 11.4 Å². The molecule has 0 bridgehead atoms. The van der Waals surface area contributed by atoms with Crippen LogP contribution in [0.1, 0.15) is 25.8 Å². The van der Waals surface area contributed by atoms with E-state index in [1.54, 1.807) is 12.4 Å². The Labute approximate surface area is 198 Å². The van der Waals surface area contributed by atoms with Crippen molar-refractivity contribution in [2.75, 3.05) is 11.4 Å². The Bertz CT molecular complexity index is 1350. The summed E-state index contributed by atoms with van der Waals surface area (Å²) in [6.07, 6.45) is 3.74. The second-order valence-electron chi connectivity index (χ2n) is 9.11. The van der Waals surface area contributed by atoms with Crippen molar-refractivity contribution in [3.05, 3.63) is 35.4 Å². The van der Waals surface area contributed by atoms with Crippen molar-refractivity contribution >= 4 is 45.9 Å². The maximum absolute atomic E-state index is 13.4. The van der Waals surface area contributed by atoms with Crippen molar-refractivity contribution in [1.29, 1.82) is 0 Å². The molecule has 2 fully saturated rings.